The Bertz CT molecular complexity index is 997. The lowest BCUT2D eigenvalue weighted by Gasteiger charge is -2.16. The molecule has 212 valence electrons. The van der Waals surface area contributed by atoms with E-state index >= 15 is 0 Å². The van der Waals surface area contributed by atoms with Gasteiger partial charge in [-0.3, -0.25) is 9.36 Å². The summed E-state index contributed by atoms with van der Waals surface area (Å²) in [6.07, 6.45) is 19.0. The van der Waals surface area contributed by atoms with Crippen molar-refractivity contribution in [2.75, 3.05) is 12.3 Å². The highest BCUT2D eigenvalue weighted by atomic mass is 16.6. The first-order valence-corrected chi connectivity index (χ1v) is 14.3. The van der Waals surface area contributed by atoms with E-state index in [1.54, 1.807) is 0 Å². The van der Waals surface area contributed by atoms with Gasteiger partial charge in [-0.05, 0) is 32.1 Å². The number of esters is 1. The third-order valence-corrected chi connectivity index (χ3v) is 7.05. The summed E-state index contributed by atoms with van der Waals surface area (Å²) in [4.78, 5) is 24.4. The highest BCUT2D eigenvalue weighted by molar-refractivity contribution is 5.81. The van der Waals surface area contributed by atoms with E-state index < -0.39 is 24.5 Å². The smallest absolute Gasteiger partial charge is 0.305 e. The van der Waals surface area contributed by atoms with Gasteiger partial charge >= 0.3 is 5.97 Å². The molecule has 0 spiro atoms. The van der Waals surface area contributed by atoms with E-state index in [1.165, 1.54) is 68.6 Å². The van der Waals surface area contributed by atoms with Gasteiger partial charge in [0.1, 0.15) is 36.8 Å². The zero-order valence-corrected chi connectivity index (χ0v) is 22.7. The van der Waals surface area contributed by atoms with Crippen molar-refractivity contribution in [1.29, 1.82) is 0 Å². The molecule has 3 heterocycles. The summed E-state index contributed by atoms with van der Waals surface area (Å²) in [6.45, 7) is 2.11. The largest absolute Gasteiger partial charge is 0.463 e. The minimum Gasteiger partial charge on any atom is -0.463 e. The number of hydrogen-bond donors (Lipinski definition) is 3. The third kappa shape index (κ3) is 9.03. The van der Waals surface area contributed by atoms with Gasteiger partial charge in [0.25, 0.3) is 0 Å². The number of anilines is 1. The van der Waals surface area contributed by atoms with Crippen molar-refractivity contribution >= 4 is 23.0 Å². The second-order valence-electron chi connectivity index (χ2n) is 10.1. The number of nitrogens with two attached hydrogens (primary N) is 1. The van der Waals surface area contributed by atoms with Crippen LogP contribution in [0.4, 0.5) is 5.82 Å². The molecule has 1 fully saturated rings. The fraction of sp³-hybridized carbons (Fsp3) is 0.714. The molecule has 1 aliphatic rings. The lowest BCUT2D eigenvalue weighted by Crippen LogP contribution is -2.34. The van der Waals surface area contributed by atoms with Gasteiger partial charge in [0.15, 0.2) is 17.7 Å². The van der Waals surface area contributed by atoms with Crippen molar-refractivity contribution < 1.29 is 24.5 Å². The molecule has 4 atom stereocenters. The van der Waals surface area contributed by atoms with E-state index in [2.05, 4.69) is 34.0 Å². The van der Waals surface area contributed by atoms with E-state index in [4.69, 9.17) is 15.2 Å². The average Bonchev–Trinajstić information content (AvgIpc) is 3.46. The number of ether oxygens (including phenoxy) is 2. The number of nitrogens with zero attached hydrogens (tertiary/aromatic N) is 4. The number of imidazole rings is 1. The van der Waals surface area contributed by atoms with Gasteiger partial charge in [0.05, 0.1) is 6.33 Å². The molecule has 2 aromatic heterocycles. The zero-order valence-electron chi connectivity index (χ0n) is 22.7. The Balaban J connectivity index is 1.23. The quantitative estimate of drug-likeness (QED) is 0.143. The van der Waals surface area contributed by atoms with Gasteiger partial charge in [-0.2, -0.15) is 0 Å². The van der Waals surface area contributed by atoms with Gasteiger partial charge in [-0.15, -0.1) is 0 Å². The summed E-state index contributed by atoms with van der Waals surface area (Å²) >= 11 is 0. The summed E-state index contributed by atoms with van der Waals surface area (Å²) in [5, 5.41) is 20.9. The van der Waals surface area contributed by atoms with Crippen LogP contribution in [0.1, 0.15) is 103 Å². The van der Waals surface area contributed by atoms with Crippen molar-refractivity contribution in [1.82, 2.24) is 19.5 Å². The van der Waals surface area contributed by atoms with E-state index in [9.17, 15) is 15.0 Å². The van der Waals surface area contributed by atoms with Crippen LogP contribution in [0.5, 0.6) is 0 Å². The summed E-state index contributed by atoms with van der Waals surface area (Å²) in [6, 6.07) is 0. The van der Waals surface area contributed by atoms with Gasteiger partial charge in [-0.25, -0.2) is 15.0 Å². The molecule has 2 aromatic rings. The summed E-state index contributed by atoms with van der Waals surface area (Å²) in [5.74, 6) is -0.118. The Labute approximate surface area is 225 Å². The fourth-order valence-electron chi connectivity index (χ4n) is 4.74. The molecule has 38 heavy (non-hydrogen) atoms. The number of allylic oxidation sites excluding steroid dienone is 2. The van der Waals surface area contributed by atoms with Crippen LogP contribution in [0.3, 0.4) is 0 Å². The molecule has 0 saturated carbocycles. The van der Waals surface area contributed by atoms with Crippen LogP contribution in [0, 0.1) is 0 Å². The zero-order chi connectivity index (χ0) is 27.2. The Morgan fingerprint density at radius 3 is 2.34 bits per heavy atom. The Kier molecular flexibility index (Phi) is 13.0. The number of carbonyl (C=O) groups is 1. The first-order valence-electron chi connectivity index (χ1n) is 14.3. The maximum Gasteiger partial charge on any atom is 0.305 e. The van der Waals surface area contributed by atoms with Crippen molar-refractivity contribution in [3.63, 3.8) is 0 Å². The Morgan fingerprint density at radius 2 is 1.63 bits per heavy atom. The predicted octanol–water partition coefficient (Wildman–Crippen LogP) is 4.61. The van der Waals surface area contributed by atoms with Crippen molar-refractivity contribution in [2.24, 2.45) is 0 Å². The van der Waals surface area contributed by atoms with Crippen LogP contribution < -0.4 is 5.73 Å². The van der Waals surface area contributed by atoms with Gasteiger partial charge in [0, 0.05) is 6.42 Å². The van der Waals surface area contributed by atoms with Crippen molar-refractivity contribution in [3.8, 4) is 0 Å². The molecule has 3 rings (SSSR count). The summed E-state index contributed by atoms with van der Waals surface area (Å²) < 4.78 is 12.6. The molecule has 0 unspecified atom stereocenters. The van der Waals surface area contributed by atoms with Crippen molar-refractivity contribution in [2.45, 2.75) is 121 Å². The molecule has 10 nitrogen and oxygen atoms in total. The number of aliphatic hydroxyl groups excluding tert-OH is 2. The SMILES string of the molecule is CCCCCCCC/C=C\CCCCCCCC(=O)OC[C@H]1O[C@@H](n2cnc3c(N)ncnc32)[C@@H](O)[C@@H]1O. The standard InChI is InChI=1S/C28H45N5O5/c1-2-3-4-5-6-7-8-9-10-11-12-13-14-15-16-17-22(34)37-18-21-24(35)25(36)28(38-21)33-20-32-23-26(29)30-19-31-27(23)33/h9-10,19-21,24-25,28,35-36H,2-8,11-18H2,1H3,(H2,29,30,31)/b10-9-/t21-,24-,25+,28-/m1/s1. The number of nitrogen functional groups attached to an aromatic ring is 1. The molecule has 0 bridgehead atoms. The van der Waals surface area contributed by atoms with Crippen LogP contribution in [-0.2, 0) is 14.3 Å². The number of fused-ring (bicyclic) bond motifs is 1. The molecular formula is C28H45N5O5. The maximum atomic E-state index is 12.2. The first-order chi connectivity index (χ1) is 18.5. The van der Waals surface area contributed by atoms with E-state index in [1.807, 2.05) is 0 Å². The van der Waals surface area contributed by atoms with Crippen LogP contribution in [0.15, 0.2) is 24.8 Å². The molecule has 4 N–H and O–H groups in total. The minimum absolute atomic E-state index is 0.137. The fourth-order valence-corrected chi connectivity index (χ4v) is 4.74. The van der Waals surface area contributed by atoms with Gasteiger partial charge in [-0.1, -0.05) is 70.4 Å². The topological polar surface area (TPSA) is 146 Å². The molecular weight excluding hydrogens is 486 g/mol. The monoisotopic (exact) mass is 531 g/mol. The van der Waals surface area contributed by atoms with Crippen molar-refractivity contribution in [3.05, 3.63) is 24.8 Å². The number of aromatic nitrogens is 4. The molecule has 0 aliphatic carbocycles. The molecule has 1 aliphatic heterocycles. The van der Waals surface area contributed by atoms with Crippen LogP contribution in [-0.4, -0.2) is 60.6 Å². The van der Waals surface area contributed by atoms with Gasteiger partial charge < -0.3 is 25.4 Å². The lowest BCUT2D eigenvalue weighted by atomic mass is 10.1. The van der Waals surface area contributed by atoms with Gasteiger partial charge in [0.2, 0.25) is 0 Å². The van der Waals surface area contributed by atoms with E-state index in [0.717, 1.165) is 32.1 Å². The Morgan fingerprint density at radius 1 is 0.974 bits per heavy atom. The molecule has 0 amide bonds. The predicted molar refractivity (Wildman–Crippen MR) is 146 cm³/mol. The van der Waals surface area contributed by atoms with E-state index in [-0.39, 0.29) is 18.4 Å². The normalized spacial score (nSPS) is 21.6. The average molecular weight is 532 g/mol. The minimum atomic E-state index is -1.24. The summed E-state index contributed by atoms with van der Waals surface area (Å²) in [7, 11) is 0. The number of rotatable bonds is 18. The highest BCUT2D eigenvalue weighted by Gasteiger charge is 2.44. The van der Waals surface area contributed by atoms with Crippen LogP contribution in [0.25, 0.3) is 11.2 Å². The van der Waals surface area contributed by atoms with E-state index in [0.29, 0.717) is 17.6 Å². The lowest BCUT2D eigenvalue weighted by molar-refractivity contribution is -0.150. The third-order valence-electron chi connectivity index (χ3n) is 7.05. The second kappa shape index (κ2) is 16.4. The molecule has 10 heteroatoms. The summed E-state index contributed by atoms with van der Waals surface area (Å²) in [5.41, 5.74) is 6.58. The number of aliphatic hydroxyl groups is 2. The Hall–Kier alpha value is -2.56. The molecule has 1 saturated heterocycles. The first kappa shape index (κ1) is 30.0. The highest BCUT2D eigenvalue weighted by Crippen LogP contribution is 2.32. The number of hydrogen-bond acceptors (Lipinski definition) is 9. The maximum absolute atomic E-state index is 12.2. The number of unbranched alkanes of at least 4 members (excludes halogenated alkanes) is 11. The van der Waals surface area contributed by atoms with Crippen LogP contribution in [0.2, 0.25) is 0 Å². The van der Waals surface area contributed by atoms with Crippen LogP contribution >= 0.6 is 0 Å². The second-order valence-corrected chi connectivity index (χ2v) is 10.1. The number of carbonyl (C=O) groups excluding carboxylic acids is 1. The molecule has 0 radical (unpaired) electrons. The molecule has 0 aromatic carbocycles.